The van der Waals surface area contributed by atoms with Gasteiger partial charge in [0, 0.05) is 29.0 Å². The molecule has 2 aromatic heterocycles. The molecule has 0 aliphatic carbocycles. The van der Waals surface area contributed by atoms with Crippen molar-refractivity contribution in [3.63, 3.8) is 0 Å². The Morgan fingerprint density at radius 2 is 1.91 bits per heavy atom. The van der Waals surface area contributed by atoms with Crippen molar-refractivity contribution < 1.29 is 23.2 Å². The van der Waals surface area contributed by atoms with Gasteiger partial charge in [0.15, 0.2) is 9.84 Å². The Balaban J connectivity index is 1.84. The average molecular weight is 475 g/mol. The molecule has 8 nitrogen and oxygen atoms in total. The second kappa shape index (κ2) is 8.87. The lowest BCUT2D eigenvalue weighted by atomic mass is 10.0. The summed E-state index contributed by atoms with van der Waals surface area (Å²) in [6.45, 7) is -0.441. The second-order valence-corrected chi connectivity index (χ2v) is 9.72. The van der Waals surface area contributed by atoms with E-state index in [9.17, 15) is 23.4 Å². The van der Waals surface area contributed by atoms with Crippen molar-refractivity contribution in [2.75, 3.05) is 6.61 Å². The molecule has 0 saturated heterocycles. The van der Waals surface area contributed by atoms with E-state index in [1.165, 1.54) is 35.1 Å². The highest BCUT2D eigenvalue weighted by Gasteiger charge is 2.19. The first kappa shape index (κ1) is 22.2. The summed E-state index contributed by atoms with van der Waals surface area (Å²) in [5, 5.41) is 23.8. The summed E-state index contributed by atoms with van der Waals surface area (Å²) in [6, 6.07) is 13.8. The van der Waals surface area contributed by atoms with Crippen LogP contribution in [0.15, 0.2) is 75.1 Å². The molecule has 0 saturated carbocycles. The zero-order chi connectivity index (χ0) is 22.9. The SMILES string of the molecule is O=c1ccc2cc(S(=O)(=O)Cc3ccon3)ccc2n1-c1ccc(Cl)cc1CC(O)CO. The van der Waals surface area contributed by atoms with Gasteiger partial charge >= 0.3 is 0 Å². The molecule has 1 unspecified atom stereocenters. The minimum absolute atomic E-state index is 0.0827. The van der Waals surface area contributed by atoms with Crippen LogP contribution in [0.1, 0.15) is 11.3 Å². The van der Waals surface area contributed by atoms with Crippen LogP contribution >= 0.6 is 11.6 Å². The number of sulfone groups is 1. The third-order valence-electron chi connectivity index (χ3n) is 5.00. The monoisotopic (exact) mass is 474 g/mol. The predicted octanol–water partition coefficient (Wildman–Crippen LogP) is 2.50. The summed E-state index contributed by atoms with van der Waals surface area (Å²) in [5.41, 5.74) is 1.49. The fraction of sp³-hybridized carbons (Fsp3) is 0.182. The Morgan fingerprint density at radius 1 is 1.09 bits per heavy atom. The molecule has 0 aliphatic heterocycles. The van der Waals surface area contributed by atoms with Gasteiger partial charge in [0.25, 0.3) is 5.56 Å². The minimum Gasteiger partial charge on any atom is -0.394 e. The van der Waals surface area contributed by atoms with Crippen LogP contribution < -0.4 is 5.56 Å². The van der Waals surface area contributed by atoms with Crippen molar-refractivity contribution in [3.05, 3.63) is 87.5 Å². The molecule has 0 bridgehead atoms. The zero-order valence-corrected chi connectivity index (χ0v) is 18.3. The number of pyridine rings is 1. The fourth-order valence-corrected chi connectivity index (χ4v) is 4.99. The van der Waals surface area contributed by atoms with E-state index in [0.717, 1.165) is 0 Å². The number of aliphatic hydroxyl groups is 2. The standard InChI is InChI=1S/C22H19ClN2O6S/c23-16-2-4-21(15(9-16)10-18(27)12-26)25-20-5-3-19(11-14(20)1-6-22(25)28)32(29,30)13-17-7-8-31-24-17/h1-9,11,18,26-27H,10,12-13H2. The summed E-state index contributed by atoms with van der Waals surface area (Å²) in [7, 11) is -3.68. The number of benzene rings is 2. The lowest BCUT2D eigenvalue weighted by Crippen LogP contribution is -2.21. The summed E-state index contributed by atoms with van der Waals surface area (Å²) < 4.78 is 31.7. The highest BCUT2D eigenvalue weighted by molar-refractivity contribution is 7.90. The maximum atomic E-state index is 12.8. The van der Waals surface area contributed by atoms with E-state index in [-0.39, 0.29) is 22.6 Å². The second-order valence-electron chi connectivity index (χ2n) is 7.29. The molecule has 2 heterocycles. The van der Waals surface area contributed by atoms with Gasteiger partial charge in [-0.3, -0.25) is 9.36 Å². The first-order valence-corrected chi connectivity index (χ1v) is 11.7. The van der Waals surface area contributed by atoms with E-state index in [1.807, 2.05) is 0 Å². The number of hydrogen-bond acceptors (Lipinski definition) is 7. The molecular formula is C22H19ClN2O6S. The lowest BCUT2D eigenvalue weighted by molar-refractivity contribution is 0.0955. The molecule has 10 heteroatoms. The number of aromatic nitrogens is 2. The van der Waals surface area contributed by atoms with E-state index < -0.39 is 22.5 Å². The van der Waals surface area contributed by atoms with Crippen LogP contribution in [0.25, 0.3) is 16.6 Å². The number of aliphatic hydroxyl groups excluding tert-OH is 2. The molecule has 0 radical (unpaired) electrons. The highest BCUT2D eigenvalue weighted by atomic mass is 35.5. The third kappa shape index (κ3) is 4.46. The van der Waals surface area contributed by atoms with Gasteiger partial charge in [0.1, 0.15) is 12.0 Å². The number of fused-ring (bicyclic) bond motifs is 1. The number of halogens is 1. The Labute approximate surface area is 188 Å². The van der Waals surface area contributed by atoms with Gasteiger partial charge < -0.3 is 14.7 Å². The maximum absolute atomic E-state index is 12.8. The van der Waals surface area contributed by atoms with Crippen LogP contribution in [0.5, 0.6) is 0 Å². The molecule has 4 rings (SSSR count). The van der Waals surface area contributed by atoms with Crippen molar-refractivity contribution in [1.29, 1.82) is 0 Å². The summed E-state index contributed by atoms with van der Waals surface area (Å²) in [6.07, 6.45) is 0.368. The Kier molecular flexibility index (Phi) is 6.16. The van der Waals surface area contributed by atoms with Crippen molar-refractivity contribution in [2.24, 2.45) is 0 Å². The molecule has 32 heavy (non-hydrogen) atoms. The van der Waals surface area contributed by atoms with Gasteiger partial charge in [0.2, 0.25) is 0 Å². The van der Waals surface area contributed by atoms with Gasteiger partial charge in [-0.25, -0.2) is 8.42 Å². The smallest absolute Gasteiger partial charge is 0.255 e. The third-order valence-corrected chi connectivity index (χ3v) is 6.89. The fourth-order valence-electron chi connectivity index (χ4n) is 3.51. The number of nitrogens with zero attached hydrogens (tertiary/aromatic N) is 2. The van der Waals surface area contributed by atoms with Gasteiger partial charge in [0.05, 0.1) is 34.5 Å². The highest BCUT2D eigenvalue weighted by Crippen LogP contribution is 2.26. The van der Waals surface area contributed by atoms with Crippen LogP contribution in [0.4, 0.5) is 0 Å². The Bertz CT molecular complexity index is 1430. The van der Waals surface area contributed by atoms with Gasteiger partial charge in [-0.15, -0.1) is 0 Å². The topological polar surface area (TPSA) is 123 Å². The number of rotatable bonds is 7. The van der Waals surface area contributed by atoms with Crippen molar-refractivity contribution in [3.8, 4) is 5.69 Å². The molecule has 0 spiro atoms. The molecule has 2 aromatic carbocycles. The van der Waals surface area contributed by atoms with Gasteiger partial charge in [-0.1, -0.05) is 16.8 Å². The Morgan fingerprint density at radius 3 is 2.62 bits per heavy atom. The van der Waals surface area contributed by atoms with Crippen molar-refractivity contribution in [2.45, 2.75) is 23.2 Å². The molecular weight excluding hydrogens is 456 g/mol. The first-order chi connectivity index (χ1) is 15.3. The van der Waals surface area contributed by atoms with Crippen LogP contribution in [0.3, 0.4) is 0 Å². The lowest BCUT2D eigenvalue weighted by Gasteiger charge is -2.17. The minimum atomic E-state index is -3.68. The quantitative estimate of drug-likeness (QED) is 0.422. The van der Waals surface area contributed by atoms with Crippen LogP contribution in [-0.4, -0.2) is 41.1 Å². The largest absolute Gasteiger partial charge is 0.394 e. The molecule has 0 amide bonds. The first-order valence-electron chi connectivity index (χ1n) is 9.64. The van der Waals surface area contributed by atoms with Crippen LogP contribution in [0.2, 0.25) is 5.02 Å². The van der Waals surface area contributed by atoms with Gasteiger partial charge in [-0.2, -0.15) is 0 Å². The molecule has 0 fully saturated rings. The maximum Gasteiger partial charge on any atom is 0.255 e. The molecule has 1 atom stereocenters. The van der Waals surface area contributed by atoms with E-state index >= 15 is 0 Å². The number of hydrogen-bond donors (Lipinski definition) is 2. The summed E-state index contributed by atoms with van der Waals surface area (Å²) >= 11 is 6.11. The Hall–Kier alpha value is -2.98. The predicted molar refractivity (Wildman–Crippen MR) is 119 cm³/mol. The van der Waals surface area contributed by atoms with E-state index in [4.69, 9.17) is 16.1 Å². The average Bonchev–Trinajstić information content (AvgIpc) is 3.26. The van der Waals surface area contributed by atoms with Crippen molar-refractivity contribution >= 4 is 32.3 Å². The van der Waals surface area contributed by atoms with E-state index in [0.29, 0.717) is 32.9 Å². The summed E-state index contributed by atoms with van der Waals surface area (Å²) in [4.78, 5) is 12.9. The van der Waals surface area contributed by atoms with E-state index in [1.54, 1.807) is 30.3 Å². The zero-order valence-electron chi connectivity index (χ0n) is 16.7. The molecule has 166 valence electrons. The van der Waals surface area contributed by atoms with Gasteiger partial charge in [-0.05, 0) is 48.0 Å². The molecule has 2 N–H and O–H groups in total. The van der Waals surface area contributed by atoms with Crippen LogP contribution in [0, 0.1) is 0 Å². The molecule has 0 aliphatic rings. The molecule has 4 aromatic rings. The van der Waals surface area contributed by atoms with Crippen molar-refractivity contribution in [1.82, 2.24) is 9.72 Å². The van der Waals surface area contributed by atoms with E-state index in [2.05, 4.69) is 5.16 Å². The summed E-state index contributed by atoms with van der Waals surface area (Å²) in [5.74, 6) is -0.310. The van der Waals surface area contributed by atoms with Crippen LogP contribution in [-0.2, 0) is 22.0 Å². The normalized spacial score (nSPS) is 12.8.